The highest BCUT2D eigenvalue weighted by molar-refractivity contribution is 6.02. The lowest BCUT2D eigenvalue weighted by Crippen LogP contribution is -2.13. The fourth-order valence-electron chi connectivity index (χ4n) is 2.09. The number of rotatable bonds is 3. The molecule has 0 saturated heterocycles. The molecular weight excluding hydrogens is 236 g/mol. The molecule has 0 radical (unpaired) electrons. The summed E-state index contributed by atoms with van der Waals surface area (Å²) in [6.07, 6.45) is 1.59. The number of nitriles is 1. The summed E-state index contributed by atoms with van der Waals surface area (Å²) in [5.74, 6) is -1.05. The van der Waals surface area contributed by atoms with Crippen LogP contribution in [0.25, 0.3) is 0 Å². The summed E-state index contributed by atoms with van der Waals surface area (Å²) in [5.41, 5.74) is 3.09. The van der Waals surface area contributed by atoms with Crippen molar-refractivity contribution in [2.24, 2.45) is 0 Å². The van der Waals surface area contributed by atoms with Crippen molar-refractivity contribution in [3.05, 3.63) is 65.0 Å². The average Bonchev–Trinajstić information content (AvgIpc) is 2.39. The minimum atomic E-state index is -0.845. The number of ketones is 1. The molecule has 19 heavy (non-hydrogen) atoms. The molecule has 0 spiro atoms. The maximum atomic E-state index is 12.4. The van der Waals surface area contributed by atoms with Crippen LogP contribution < -0.4 is 0 Å². The van der Waals surface area contributed by atoms with Crippen molar-refractivity contribution >= 4 is 5.78 Å². The van der Waals surface area contributed by atoms with Crippen molar-refractivity contribution in [3.63, 3.8) is 0 Å². The molecule has 1 aromatic carbocycles. The Morgan fingerprint density at radius 3 is 2.42 bits per heavy atom. The van der Waals surface area contributed by atoms with Crippen molar-refractivity contribution < 1.29 is 4.79 Å². The molecule has 2 aromatic rings. The van der Waals surface area contributed by atoms with Crippen LogP contribution in [0.5, 0.6) is 0 Å². The van der Waals surface area contributed by atoms with Gasteiger partial charge < -0.3 is 0 Å². The molecule has 0 bridgehead atoms. The van der Waals surface area contributed by atoms with E-state index in [0.29, 0.717) is 11.3 Å². The normalized spacial score (nSPS) is 11.6. The van der Waals surface area contributed by atoms with Gasteiger partial charge >= 0.3 is 0 Å². The SMILES string of the molecule is Cc1cc(C)cc(C(=O)[C@@H](C#N)c2ccccn2)c1. The van der Waals surface area contributed by atoms with Crippen molar-refractivity contribution in [1.82, 2.24) is 4.98 Å². The Hall–Kier alpha value is -2.47. The molecular formula is C16H14N2O. The number of aromatic nitrogens is 1. The molecule has 0 N–H and O–H groups in total. The van der Waals surface area contributed by atoms with Crippen LogP contribution in [0.4, 0.5) is 0 Å². The highest BCUT2D eigenvalue weighted by atomic mass is 16.1. The minimum Gasteiger partial charge on any atom is -0.292 e. The maximum absolute atomic E-state index is 12.4. The maximum Gasteiger partial charge on any atom is 0.186 e. The second-order valence-corrected chi connectivity index (χ2v) is 4.56. The number of nitrogens with zero attached hydrogens (tertiary/aromatic N) is 2. The Balaban J connectivity index is 2.40. The predicted molar refractivity (Wildman–Crippen MR) is 72.8 cm³/mol. The zero-order valence-electron chi connectivity index (χ0n) is 10.9. The third-order valence-corrected chi connectivity index (χ3v) is 2.88. The first-order chi connectivity index (χ1) is 9.11. The number of hydrogen-bond acceptors (Lipinski definition) is 3. The number of hydrogen-bond donors (Lipinski definition) is 0. The van der Waals surface area contributed by atoms with Gasteiger partial charge in [-0.25, -0.2) is 0 Å². The smallest absolute Gasteiger partial charge is 0.186 e. The standard InChI is InChI=1S/C16H14N2O/c1-11-7-12(2)9-13(8-11)16(19)14(10-17)15-5-3-4-6-18-15/h3-9,14H,1-2H3/t14-/m0/s1. The van der Waals surface area contributed by atoms with E-state index in [2.05, 4.69) is 4.98 Å². The number of pyridine rings is 1. The number of carbonyl (C=O) groups excluding carboxylic acids is 1. The third kappa shape index (κ3) is 2.86. The summed E-state index contributed by atoms with van der Waals surface area (Å²) < 4.78 is 0. The van der Waals surface area contributed by atoms with Crippen LogP contribution in [0.15, 0.2) is 42.6 Å². The van der Waals surface area contributed by atoms with Crippen molar-refractivity contribution in [1.29, 1.82) is 5.26 Å². The Morgan fingerprint density at radius 2 is 1.89 bits per heavy atom. The van der Waals surface area contributed by atoms with Crippen LogP contribution in [-0.2, 0) is 0 Å². The van der Waals surface area contributed by atoms with Crippen molar-refractivity contribution in [3.8, 4) is 6.07 Å². The van der Waals surface area contributed by atoms with Crippen LogP contribution in [0, 0.1) is 25.2 Å². The van der Waals surface area contributed by atoms with Gasteiger partial charge in [0, 0.05) is 11.8 Å². The first kappa shape index (κ1) is 13.0. The van der Waals surface area contributed by atoms with E-state index in [-0.39, 0.29) is 5.78 Å². The van der Waals surface area contributed by atoms with Gasteiger partial charge in [0.15, 0.2) is 11.7 Å². The fourth-order valence-corrected chi connectivity index (χ4v) is 2.09. The molecule has 0 aliphatic rings. The molecule has 3 heteroatoms. The first-order valence-corrected chi connectivity index (χ1v) is 6.05. The van der Waals surface area contributed by atoms with Gasteiger partial charge in [0.05, 0.1) is 11.8 Å². The van der Waals surface area contributed by atoms with E-state index in [1.165, 1.54) is 0 Å². The van der Waals surface area contributed by atoms with E-state index in [1.54, 1.807) is 24.4 Å². The molecule has 0 aliphatic carbocycles. The Labute approximate surface area is 112 Å². The molecule has 0 aliphatic heterocycles. The van der Waals surface area contributed by atoms with E-state index in [1.807, 2.05) is 38.1 Å². The van der Waals surface area contributed by atoms with E-state index in [4.69, 9.17) is 0 Å². The summed E-state index contributed by atoms with van der Waals surface area (Å²) >= 11 is 0. The topological polar surface area (TPSA) is 53.8 Å². The Kier molecular flexibility index (Phi) is 3.72. The highest BCUT2D eigenvalue weighted by Crippen LogP contribution is 2.20. The number of aryl methyl sites for hydroxylation is 2. The quantitative estimate of drug-likeness (QED) is 0.786. The fraction of sp³-hybridized carbons (Fsp3) is 0.188. The Bertz CT molecular complexity index is 621. The van der Waals surface area contributed by atoms with Gasteiger partial charge in [0.2, 0.25) is 0 Å². The minimum absolute atomic E-state index is 0.201. The average molecular weight is 250 g/mol. The second-order valence-electron chi connectivity index (χ2n) is 4.56. The van der Waals surface area contributed by atoms with Gasteiger partial charge in [-0.3, -0.25) is 9.78 Å². The summed E-state index contributed by atoms with van der Waals surface area (Å²) in [5, 5.41) is 9.24. The molecule has 0 amide bonds. The van der Waals surface area contributed by atoms with Gasteiger partial charge in [-0.15, -0.1) is 0 Å². The summed E-state index contributed by atoms with van der Waals surface area (Å²) in [4.78, 5) is 16.5. The van der Waals surface area contributed by atoms with Crippen molar-refractivity contribution in [2.45, 2.75) is 19.8 Å². The van der Waals surface area contributed by atoms with E-state index >= 15 is 0 Å². The third-order valence-electron chi connectivity index (χ3n) is 2.88. The molecule has 0 unspecified atom stereocenters. The summed E-state index contributed by atoms with van der Waals surface area (Å²) in [7, 11) is 0. The zero-order valence-corrected chi connectivity index (χ0v) is 10.9. The predicted octanol–water partition coefficient (Wildman–Crippen LogP) is 3.19. The largest absolute Gasteiger partial charge is 0.292 e. The number of Topliss-reactive ketones (excluding diaryl/α,β-unsaturated/α-hetero) is 1. The molecule has 94 valence electrons. The number of carbonyl (C=O) groups is 1. The lowest BCUT2D eigenvalue weighted by Gasteiger charge is -2.09. The Morgan fingerprint density at radius 1 is 1.21 bits per heavy atom. The van der Waals surface area contributed by atoms with E-state index < -0.39 is 5.92 Å². The van der Waals surface area contributed by atoms with Gasteiger partial charge in [-0.2, -0.15) is 5.26 Å². The molecule has 1 atom stereocenters. The van der Waals surface area contributed by atoms with E-state index in [0.717, 1.165) is 11.1 Å². The van der Waals surface area contributed by atoms with E-state index in [9.17, 15) is 10.1 Å². The molecule has 1 aromatic heterocycles. The summed E-state index contributed by atoms with van der Waals surface area (Å²) in [6, 6.07) is 12.9. The van der Waals surface area contributed by atoms with Crippen LogP contribution in [0.1, 0.15) is 33.1 Å². The van der Waals surface area contributed by atoms with Crippen LogP contribution in [0.2, 0.25) is 0 Å². The monoisotopic (exact) mass is 250 g/mol. The second kappa shape index (κ2) is 5.45. The van der Waals surface area contributed by atoms with Crippen LogP contribution in [0.3, 0.4) is 0 Å². The lowest BCUT2D eigenvalue weighted by molar-refractivity contribution is 0.0977. The molecule has 3 nitrogen and oxygen atoms in total. The zero-order chi connectivity index (χ0) is 13.8. The summed E-state index contributed by atoms with van der Waals surface area (Å²) in [6.45, 7) is 3.87. The van der Waals surface area contributed by atoms with Gasteiger partial charge in [-0.05, 0) is 38.1 Å². The van der Waals surface area contributed by atoms with Crippen LogP contribution >= 0.6 is 0 Å². The molecule has 2 rings (SSSR count). The van der Waals surface area contributed by atoms with Crippen LogP contribution in [-0.4, -0.2) is 10.8 Å². The first-order valence-electron chi connectivity index (χ1n) is 6.05. The number of benzene rings is 1. The van der Waals surface area contributed by atoms with Gasteiger partial charge in [-0.1, -0.05) is 23.3 Å². The van der Waals surface area contributed by atoms with Crippen molar-refractivity contribution in [2.75, 3.05) is 0 Å². The lowest BCUT2D eigenvalue weighted by atomic mass is 9.93. The molecule has 1 heterocycles. The molecule has 0 saturated carbocycles. The van der Waals surface area contributed by atoms with Gasteiger partial charge in [0.25, 0.3) is 0 Å². The molecule has 0 fully saturated rings. The highest BCUT2D eigenvalue weighted by Gasteiger charge is 2.23. The van der Waals surface area contributed by atoms with Gasteiger partial charge in [0.1, 0.15) is 0 Å².